The number of aromatic nitrogens is 2. The molecule has 0 radical (unpaired) electrons. The fraction of sp³-hybridized carbons (Fsp3) is 0. The first-order chi connectivity index (χ1) is 11.3. The minimum atomic E-state index is -0.0955. The van der Waals surface area contributed by atoms with Gasteiger partial charge in [-0.15, -0.1) is 0 Å². The number of hydrogen-bond acceptors (Lipinski definition) is 3. The average molecular weight is 295 g/mol. The smallest absolute Gasteiger partial charge is 0.264 e. The van der Waals surface area contributed by atoms with E-state index in [1.54, 1.807) is 22.6 Å². The van der Waals surface area contributed by atoms with Crippen molar-refractivity contribution >= 4 is 38.2 Å². The third kappa shape index (κ3) is 1.43. The van der Waals surface area contributed by atoms with Crippen molar-refractivity contribution in [2.45, 2.75) is 0 Å². The van der Waals surface area contributed by atoms with Gasteiger partial charge in [0.1, 0.15) is 5.65 Å². The Balaban J connectivity index is 2.19. The molecular formula is C19H9N3O. The van der Waals surface area contributed by atoms with Crippen LogP contribution in [0.15, 0.2) is 59.4 Å². The Morgan fingerprint density at radius 1 is 1.00 bits per heavy atom. The van der Waals surface area contributed by atoms with E-state index >= 15 is 0 Å². The number of rotatable bonds is 0. The van der Waals surface area contributed by atoms with Crippen LogP contribution in [0.3, 0.4) is 0 Å². The Labute approximate surface area is 130 Å². The first kappa shape index (κ1) is 12.1. The molecule has 23 heavy (non-hydrogen) atoms. The van der Waals surface area contributed by atoms with Crippen molar-refractivity contribution in [2.75, 3.05) is 0 Å². The monoisotopic (exact) mass is 295 g/mol. The Morgan fingerprint density at radius 3 is 2.57 bits per heavy atom. The summed E-state index contributed by atoms with van der Waals surface area (Å²) in [5.41, 5.74) is 2.46. The second-order valence-electron chi connectivity index (χ2n) is 5.60. The van der Waals surface area contributed by atoms with Crippen LogP contribution < -0.4 is 5.56 Å². The van der Waals surface area contributed by atoms with Gasteiger partial charge in [-0.25, -0.2) is 4.98 Å². The largest absolute Gasteiger partial charge is 0.268 e. The molecule has 0 bridgehead atoms. The van der Waals surface area contributed by atoms with E-state index in [9.17, 15) is 4.79 Å². The van der Waals surface area contributed by atoms with Crippen molar-refractivity contribution < 1.29 is 0 Å². The lowest BCUT2D eigenvalue weighted by Gasteiger charge is -2.06. The molecule has 0 saturated carbocycles. The summed E-state index contributed by atoms with van der Waals surface area (Å²) in [7, 11) is 0. The molecule has 106 valence electrons. The van der Waals surface area contributed by atoms with Crippen LogP contribution in [0.4, 0.5) is 0 Å². The quantitative estimate of drug-likeness (QED) is 0.439. The van der Waals surface area contributed by atoms with Gasteiger partial charge in [-0.2, -0.15) is 5.26 Å². The molecule has 0 fully saturated rings. The van der Waals surface area contributed by atoms with E-state index in [-0.39, 0.29) is 5.56 Å². The van der Waals surface area contributed by atoms with Crippen LogP contribution in [-0.2, 0) is 0 Å². The maximum atomic E-state index is 13.0. The Morgan fingerprint density at radius 2 is 1.78 bits per heavy atom. The van der Waals surface area contributed by atoms with Crippen LogP contribution in [0.5, 0.6) is 0 Å². The zero-order chi connectivity index (χ0) is 15.6. The van der Waals surface area contributed by atoms with E-state index in [2.05, 4.69) is 11.1 Å². The highest BCUT2D eigenvalue weighted by atomic mass is 16.1. The van der Waals surface area contributed by atoms with Crippen molar-refractivity contribution in [2.24, 2.45) is 0 Å². The van der Waals surface area contributed by atoms with Gasteiger partial charge in [0.05, 0.1) is 22.7 Å². The minimum absolute atomic E-state index is 0.0955. The van der Waals surface area contributed by atoms with Crippen LogP contribution in [0.25, 0.3) is 38.2 Å². The van der Waals surface area contributed by atoms with Gasteiger partial charge in [0.25, 0.3) is 5.56 Å². The molecule has 0 unspecified atom stereocenters. The summed E-state index contributed by atoms with van der Waals surface area (Å²) in [4.78, 5) is 17.6. The number of pyridine rings is 1. The van der Waals surface area contributed by atoms with Crippen LogP contribution >= 0.6 is 0 Å². The van der Waals surface area contributed by atoms with Crippen molar-refractivity contribution in [3.05, 3.63) is 70.5 Å². The van der Waals surface area contributed by atoms with Crippen LogP contribution in [0.1, 0.15) is 5.56 Å². The fourth-order valence-corrected chi connectivity index (χ4v) is 3.36. The SMILES string of the molecule is N#Cc1ccc2nc3c4cccc5cccc(c(=O)n3c2c1)c54. The number of nitriles is 1. The molecule has 3 aromatic carbocycles. The molecule has 2 heterocycles. The Kier molecular flexibility index (Phi) is 2.14. The first-order valence-electron chi connectivity index (χ1n) is 7.27. The van der Waals surface area contributed by atoms with Crippen LogP contribution in [0.2, 0.25) is 0 Å². The highest BCUT2D eigenvalue weighted by Crippen LogP contribution is 2.29. The first-order valence-corrected chi connectivity index (χ1v) is 7.27. The number of hydrogen-bond donors (Lipinski definition) is 0. The van der Waals surface area contributed by atoms with Crippen molar-refractivity contribution in [3.63, 3.8) is 0 Å². The molecule has 4 nitrogen and oxygen atoms in total. The third-order valence-corrected chi connectivity index (χ3v) is 4.36. The molecule has 5 rings (SSSR count). The number of benzene rings is 3. The van der Waals surface area contributed by atoms with E-state index in [0.717, 1.165) is 21.7 Å². The lowest BCUT2D eigenvalue weighted by molar-refractivity contribution is 1.19. The van der Waals surface area contributed by atoms with Gasteiger partial charge in [-0.3, -0.25) is 9.20 Å². The summed E-state index contributed by atoms with van der Waals surface area (Å²) in [6.45, 7) is 0. The third-order valence-electron chi connectivity index (χ3n) is 4.36. The molecule has 0 atom stereocenters. The molecule has 0 aliphatic rings. The standard InChI is InChI=1S/C19H9N3O/c20-10-11-7-8-15-16(9-11)22-18(21-15)13-5-1-3-12-4-2-6-14(17(12)13)19(22)23/h1-9H. The predicted octanol–water partition coefficient (Wildman–Crippen LogP) is 3.46. The zero-order valence-electron chi connectivity index (χ0n) is 11.9. The predicted molar refractivity (Wildman–Crippen MR) is 89.9 cm³/mol. The van der Waals surface area contributed by atoms with E-state index in [4.69, 9.17) is 5.26 Å². The van der Waals surface area contributed by atoms with Gasteiger partial charge < -0.3 is 0 Å². The molecule has 0 N–H and O–H groups in total. The van der Waals surface area contributed by atoms with Gasteiger partial charge in [-0.1, -0.05) is 30.3 Å². The van der Waals surface area contributed by atoms with Crippen LogP contribution in [0, 0.1) is 11.3 Å². The van der Waals surface area contributed by atoms with Gasteiger partial charge in [0.15, 0.2) is 0 Å². The molecule has 0 aliphatic heterocycles. The molecule has 0 spiro atoms. The lowest BCUT2D eigenvalue weighted by atomic mass is 10.0. The fourth-order valence-electron chi connectivity index (χ4n) is 3.36. The number of fused-ring (bicyclic) bond motifs is 4. The molecule has 2 aromatic heterocycles. The van der Waals surface area contributed by atoms with Crippen molar-refractivity contribution in [1.82, 2.24) is 9.38 Å². The minimum Gasteiger partial charge on any atom is -0.268 e. The van der Waals surface area contributed by atoms with Crippen LogP contribution in [-0.4, -0.2) is 9.38 Å². The topological polar surface area (TPSA) is 58.2 Å². The maximum absolute atomic E-state index is 13.0. The molecule has 5 aromatic rings. The second-order valence-corrected chi connectivity index (χ2v) is 5.60. The van der Waals surface area contributed by atoms with Crippen molar-refractivity contribution in [3.8, 4) is 6.07 Å². The Bertz CT molecular complexity index is 1340. The summed E-state index contributed by atoms with van der Waals surface area (Å²) in [5, 5.41) is 12.7. The molecule has 0 amide bonds. The summed E-state index contributed by atoms with van der Waals surface area (Å²) in [5.74, 6) is 0. The van der Waals surface area contributed by atoms with E-state index in [1.807, 2.05) is 36.4 Å². The highest BCUT2D eigenvalue weighted by molar-refractivity contribution is 6.15. The van der Waals surface area contributed by atoms with E-state index in [1.165, 1.54) is 0 Å². The summed E-state index contributed by atoms with van der Waals surface area (Å²) >= 11 is 0. The van der Waals surface area contributed by atoms with Gasteiger partial charge in [-0.05, 0) is 29.7 Å². The normalized spacial score (nSPS) is 11.6. The lowest BCUT2D eigenvalue weighted by Crippen LogP contribution is -2.13. The number of imidazole rings is 1. The van der Waals surface area contributed by atoms with Crippen molar-refractivity contribution in [1.29, 1.82) is 5.26 Å². The van der Waals surface area contributed by atoms with E-state index in [0.29, 0.717) is 22.1 Å². The van der Waals surface area contributed by atoms with Gasteiger partial charge in [0, 0.05) is 16.2 Å². The summed E-state index contributed by atoms with van der Waals surface area (Å²) < 4.78 is 1.62. The summed E-state index contributed by atoms with van der Waals surface area (Å²) in [6, 6.07) is 19.0. The Hall–Kier alpha value is -3.45. The van der Waals surface area contributed by atoms with Gasteiger partial charge in [0.2, 0.25) is 0 Å². The molecule has 0 saturated heterocycles. The maximum Gasteiger partial charge on any atom is 0.264 e. The molecule has 4 heteroatoms. The number of nitrogens with zero attached hydrogens (tertiary/aromatic N) is 3. The summed E-state index contributed by atoms with van der Waals surface area (Å²) in [6.07, 6.45) is 0. The average Bonchev–Trinajstić information content (AvgIpc) is 2.98. The molecule has 0 aliphatic carbocycles. The second kappa shape index (κ2) is 4.05. The van der Waals surface area contributed by atoms with Gasteiger partial charge >= 0.3 is 0 Å². The zero-order valence-corrected chi connectivity index (χ0v) is 11.9. The highest BCUT2D eigenvalue weighted by Gasteiger charge is 2.15. The molecular weight excluding hydrogens is 286 g/mol. The van der Waals surface area contributed by atoms with E-state index < -0.39 is 0 Å².